The van der Waals surface area contributed by atoms with Crippen LogP contribution < -0.4 is 0 Å². The van der Waals surface area contributed by atoms with Gasteiger partial charge in [-0.3, -0.25) is 0 Å². The first-order valence-corrected chi connectivity index (χ1v) is 10.3. The van der Waals surface area contributed by atoms with Gasteiger partial charge in [0.1, 0.15) is 11.5 Å². The Labute approximate surface area is 123 Å². The van der Waals surface area contributed by atoms with Crippen LogP contribution in [0.3, 0.4) is 0 Å². The lowest BCUT2D eigenvalue weighted by Gasteiger charge is -2.09. The lowest BCUT2D eigenvalue weighted by Crippen LogP contribution is -2.05. The Balaban J connectivity index is 2.23. The summed E-state index contributed by atoms with van der Waals surface area (Å²) >= 11 is 0. The average Bonchev–Trinajstić information content (AvgIpc) is 2.91. The molecule has 2 aromatic carbocycles. The van der Waals surface area contributed by atoms with E-state index in [9.17, 15) is 8.42 Å². The summed E-state index contributed by atoms with van der Waals surface area (Å²) in [6, 6.07) is 9.96. The fraction of sp³-hybridized carbons (Fsp3) is 0.375. The molecule has 0 unspecified atom stereocenters. The van der Waals surface area contributed by atoms with Crippen molar-refractivity contribution in [1.82, 2.24) is 0 Å². The third-order valence-corrected chi connectivity index (χ3v) is 7.59. The van der Waals surface area contributed by atoms with Gasteiger partial charge in [-0.05, 0) is 55.0 Å². The van der Waals surface area contributed by atoms with Crippen molar-refractivity contribution in [2.24, 2.45) is 0 Å². The average molecular weight is 307 g/mol. The first-order chi connectivity index (χ1) is 9.47. The molecule has 1 aliphatic rings. The number of rotatable bonds is 2. The van der Waals surface area contributed by atoms with E-state index in [2.05, 4.69) is 19.1 Å². The topological polar surface area (TPSA) is 34.1 Å². The maximum Gasteiger partial charge on any atom is 0.175 e. The molecule has 0 amide bonds. The second-order valence-corrected chi connectivity index (χ2v) is 9.73. The van der Waals surface area contributed by atoms with Gasteiger partial charge in [-0.25, -0.2) is 8.42 Å². The van der Waals surface area contributed by atoms with Crippen molar-refractivity contribution >= 4 is 31.5 Å². The van der Waals surface area contributed by atoms with Crippen LogP contribution in [0, 0.1) is 6.92 Å². The smallest absolute Gasteiger partial charge is 0.175 e. The summed E-state index contributed by atoms with van der Waals surface area (Å²) in [5.74, 6) is 2.57. The van der Waals surface area contributed by atoms with Crippen LogP contribution in [-0.4, -0.2) is 26.2 Å². The Kier molecular flexibility index (Phi) is 3.55. The molecule has 0 aromatic heterocycles. The zero-order valence-corrected chi connectivity index (χ0v) is 13.5. The van der Waals surface area contributed by atoms with Crippen LogP contribution in [0.15, 0.2) is 40.1 Å². The number of hydrogen-bond donors (Lipinski definition) is 0. The molecule has 1 heterocycles. The predicted octanol–water partition coefficient (Wildman–Crippen LogP) is 3.32. The molecule has 1 fully saturated rings. The Morgan fingerprint density at radius 3 is 2.35 bits per heavy atom. The van der Waals surface area contributed by atoms with E-state index in [1.54, 1.807) is 6.07 Å². The fourth-order valence-electron chi connectivity index (χ4n) is 2.80. The molecule has 0 radical (unpaired) electrons. The minimum atomic E-state index is -3.14. The molecule has 0 saturated carbocycles. The van der Waals surface area contributed by atoms with E-state index in [1.807, 2.05) is 12.1 Å². The molecule has 4 heteroatoms. The van der Waals surface area contributed by atoms with Gasteiger partial charge in [-0.15, -0.1) is 0 Å². The molecule has 2 aromatic rings. The van der Waals surface area contributed by atoms with Gasteiger partial charge in [0.25, 0.3) is 0 Å². The molecule has 2 nitrogen and oxygen atoms in total. The maximum atomic E-state index is 11.7. The predicted molar refractivity (Wildman–Crippen MR) is 86.4 cm³/mol. The summed E-state index contributed by atoms with van der Waals surface area (Å²) in [6.45, 7) is 2.05. The number of hydrogen-bond acceptors (Lipinski definition) is 2. The van der Waals surface area contributed by atoms with Gasteiger partial charge in [-0.1, -0.05) is 6.07 Å². The van der Waals surface area contributed by atoms with Crippen molar-refractivity contribution in [2.45, 2.75) is 29.6 Å². The lowest BCUT2D eigenvalue weighted by molar-refractivity contribution is 0.602. The highest BCUT2D eigenvalue weighted by molar-refractivity contribution is 7.97. The van der Waals surface area contributed by atoms with Crippen LogP contribution in [0.4, 0.5) is 0 Å². The molecular weight excluding hydrogens is 288 g/mol. The highest BCUT2D eigenvalue weighted by Gasteiger charge is 2.29. The van der Waals surface area contributed by atoms with Crippen LogP contribution in [0.25, 0.3) is 10.8 Å². The second-order valence-electron chi connectivity index (χ2n) is 5.47. The van der Waals surface area contributed by atoms with Crippen molar-refractivity contribution < 1.29 is 8.42 Å². The molecule has 0 spiro atoms. The van der Waals surface area contributed by atoms with E-state index in [1.165, 1.54) is 40.9 Å². The summed E-state index contributed by atoms with van der Waals surface area (Å²) < 4.78 is 23.5. The molecule has 20 heavy (non-hydrogen) atoms. The summed E-state index contributed by atoms with van der Waals surface area (Å²) in [5, 5.41) is 2.33. The third kappa shape index (κ3) is 2.47. The largest absolute Gasteiger partial charge is 0.224 e. The van der Waals surface area contributed by atoms with Crippen molar-refractivity contribution in [3.05, 3.63) is 35.9 Å². The van der Waals surface area contributed by atoms with Crippen molar-refractivity contribution in [2.75, 3.05) is 17.8 Å². The highest BCUT2D eigenvalue weighted by atomic mass is 32.2. The quantitative estimate of drug-likeness (QED) is 0.798. The van der Waals surface area contributed by atoms with E-state index in [0.717, 1.165) is 10.9 Å². The van der Waals surface area contributed by atoms with Gasteiger partial charge in [-0.2, -0.15) is 0 Å². The number of benzene rings is 2. The standard InChI is InChI=1S/C16H19O2S2/c1-12-5-8-16(19-9-3-4-10-19)14-7-6-13(11-15(12)14)20(2,17)18/h5-8,11H,3-4,9-10H2,1-2H3/q+1. The van der Waals surface area contributed by atoms with Crippen LogP contribution in [0.5, 0.6) is 0 Å². The summed E-state index contributed by atoms with van der Waals surface area (Å²) in [4.78, 5) is 1.84. The SMILES string of the molecule is Cc1ccc([S+]2CCCC2)c2ccc(S(C)(=O)=O)cc12. The summed E-state index contributed by atoms with van der Waals surface area (Å²) in [7, 11) is -2.79. The minimum absolute atomic E-state index is 0.349. The maximum absolute atomic E-state index is 11.7. The molecule has 0 bridgehead atoms. The van der Waals surface area contributed by atoms with E-state index in [4.69, 9.17) is 0 Å². The van der Waals surface area contributed by atoms with Gasteiger partial charge < -0.3 is 0 Å². The Hall–Kier alpha value is -1.00. The van der Waals surface area contributed by atoms with Gasteiger partial charge in [0.2, 0.25) is 0 Å². The third-order valence-electron chi connectivity index (χ3n) is 3.94. The lowest BCUT2D eigenvalue weighted by atomic mass is 10.1. The molecule has 3 rings (SSSR count). The monoisotopic (exact) mass is 307 g/mol. The zero-order valence-electron chi connectivity index (χ0n) is 11.8. The molecular formula is C16H19O2S2+. The summed E-state index contributed by atoms with van der Waals surface area (Å²) in [5.41, 5.74) is 1.15. The number of fused-ring (bicyclic) bond motifs is 1. The number of aryl methyl sites for hydroxylation is 1. The van der Waals surface area contributed by atoms with E-state index in [0.29, 0.717) is 15.8 Å². The minimum Gasteiger partial charge on any atom is -0.224 e. The second kappa shape index (κ2) is 5.08. The molecule has 1 saturated heterocycles. The highest BCUT2D eigenvalue weighted by Crippen LogP contribution is 2.32. The Bertz CT molecular complexity index is 757. The van der Waals surface area contributed by atoms with Gasteiger partial charge in [0.15, 0.2) is 14.7 Å². The Morgan fingerprint density at radius 2 is 1.70 bits per heavy atom. The van der Waals surface area contributed by atoms with E-state index < -0.39 is 9.84 Å². The Morgan fingerprint density at radius 1 is 1.00 bits per heavy atom. The van der Waals surface area contributed by atoms with E-state index >= 15 is 0 Å². The van der Waals surface area contributed by atoms with Crippen LogP contribution in [0.2, 0.25) is 0 Å². The van der Waals surface area contributed by atoms with Crippen molar-refractivity contribution in [1.29, 1.82) is 0 Å². The first-order valence-electron chi connectivity index (χ1n) is 6.88. The molecule has 1 aliphatic heterocycles. The molecule has 0 aliphatic carbocycles. The normalized spacial score (nSPS) is 16.9. The van der Waals surface area contributed by atoms with Crippen molar-refractivity contribution in [3.63, 3.8) is 0 Å². The molecule has 0 N–H and O–H groups in total. The first kappa shape index (κ1) is 14.0. The number of sulfone groups is 1. The van der Waals surface area contributed by atoms with Gasteiger partial charge in [0, 0.05) is 22.5 Å². The molecule has 0 atom stereocenters. The van der Waals surface area contributed by atoms with E-state index in [-0.39, 0.29) is 0 Å². The van der Waals surface area contributed by atoms with Crippen molar-refractivity contribution in [3.8, 4) is 0 Å². The zero-order chi connectivity index (χ0) is 14.3. The van der Waals surface area contributed by atoms with Crippen LogP contribution in [0.1, 0.15) is 18.4 Å². The van der Waals surface area contributed by atoms with Gasteiger partial charge in [0.05, 0.1) is 4.90 Å². The van der Waals surface area contributed by atoms with Crippen LogP contribution in [-0.2, 0) is 20.7 Å². The van der Waals surface area contributed by atoms with Gasteiger partial charge >= 0.3 is 0 Å². The summed E-state index contributed by atoms with van der Waals surface area (Å²) in [6.07, 6.45) is 3.91. The molecule has 106 valence electrons. The van der Waals surface area contributed by atoms with Crippen LogP contribution >= 0.6 is 0 Å². The fourth-order valence-corrected chi connectivity index (χ4v) is 5.95.